The minimum atomic E-state index is -0.973. The van der Waals surface area contributed by atoms with E-state index in [-0.39, 0.29) is 5.91 Å². The van der Waals surface area contributed by atoms with E-state index in [1.54, 1.807) is 6.92 Å². The number of hydrogen-bond donors (Lipinski definition) is 2. The average Bonchev–Trinajstić information content (AvgIpc) is 2.49. The lowest BCUT2D eigenvalue weighted by molar-refractivity contribution is -0.149. The van der Waals surface area contributed by atoms with Crippen molar-refractivity contribution in [2.75, 3.05) is 0 Å². The predicted molar refractivity (Wildman–Crippen MR) is 76.0 cm³/mol. The van der Waals surface area contributed by atoms with Crippen molar-refractivity contribution in [3.05, 3.63) is 35.4 Å². The molecule has 1 amide bonds. The number of aliphatic carboxylic acids is 1. The monoisotopic (exact) mass is 311 g/mol. The molecule has 0 bridgehead atoms. The molecule has 4 nitrogen and oxygen atoms in total. The van der Waals surface area contributed by atoms with Crippen molar-refractivity contribution < 1.29 is 23.5 Å². The maximum Gasteiger partial charge on any atom is 0.307 e. The van der Waals surface area contributed by atoms with Gasteiger partial charge in [-0.25, -0.2) is 8.78 Å². The Kier molecular flexibility index (Phi) is 5.11. The van der Waals surface area contributed by atoms with E-state index >= 15 is 0 Å². The van der Waals surface area contributed by atoms with Crippen LogP contribution in [0.5, 0.6) is 0 Å². The van der Waals surface area contributed by atoms with Gasteiger partial charge in [0.05, 0.1) is 17.9 Å². The molecule has 0 saturated heterocycles. The van der Waals surface area contributed by atoms with Gasteiger partial charge in [0.15, 0.2) is 11.6 Å². The zero-order chi connectivity index (χ0) is 16.3. The average molecular weight is 311 g/mol. The first-order valence-corrected chi connectivity index (χ1v) is 7.38. The highest BCUT2D eigenvalue weighted by atomic mass is 19.2. The first-order valence-electron chi connectivity index (χ1n) is 7.38. The molecule has 22 heavy (non-hydrogen) atoms. The van der Waals surface area contributed by atoms with Crippen LogP contribution in [0, 0.1) is 23.5 Å². The highest BCUT2D eigenvalue weighted by molar-refractivity contribution is 5.85. The van der Waals surface area contributed by atoms with Crippen molar-refractivity contribution in [1.29, 1.82) is 0 Å². The molecule has 1 aliphatic rings. The second-order valence-electron chi connectivity index (χ2n) is 5.74. The molecular formula is C16H19F2NO3. The maximum atomic E-state index is 13.2. The van der Waals surface area contributed by atoms with Gasteiger partial charge in [-0.2, -0.15) is 0 Å². The van der Waals surface area contributed by atoms with Gasteiger partial charge in [-0.1, -0.05) is 18.9 Å². The number of benzene rings is 1. The fourth-order valence-electron chi connectivity index (χ4n) is 2.93. The maximum absolute atomic E-state index is 13.2. The zero-order valence-corrected chi connectivity index (χ0v) is 12.3. The van der Waals surface area contributed by atoms with Crippen LogP contribution in [0.2, 0.25) is 0 Å². The number of hydrogen-bond acceptors (Lipinski definition) is 2. The summed E-state index contributed by atoms with van der Waals surface area (Å²) >= 11 is 0. The van der Waals surface area contributed by atoms with Gasteiger partial charge in [0.2, 0.25) is 5.91 Å². The number of carboxylic acids is 1. The van der Waals surface area contributed by atoms with Crippen LogP contribution >= 0.6 is 0 Å². The molecule has 1 fully saturated rings. The highest BCUT2D eigenvalue weighted by Crippen LogP contribution is 2.31. The Hall–Kier alpha value is -1.98. The Bertz CT molecular complexity index is 577. The molecule has 3 atom stereocenters. The van der Waals surface area contributed by atoms with Gasteiger partial charge < -0.3 is 10.4 Å². The normalized spacial score (nSPS) is 22.9. The summed E-state index contributed by atoms with van der Waals surface area (Å²) < 4.78 is 26.2. The molecule has 6 heteroatoms. The second kappa shape index (κ2) is 6.85. The minimum Gasteiger partial charge on any atom is -0.481 e. The lowest BCUT2D eigenvalue weighted by Crippen LogP contribution is -2.40. The number of carbonyl (C=O) groups is 2. The minimum absolute atomic E-state index is 0.343. The van der Waals surface area contributed by atoms with E-state index in [0.29, 0.717) is 18.4 Å². The molecule has 0 aliphatic heterocycles. The fraction of sp³-hybridized carbons (Fsp3) is 0.500. The van der Waals surface area contributed by atoms with Crippen molar-refractivity contribution >= 4 is 11.9 Å². The van der Waals surface area contributed by atoms with Crippen LogP contribution in [0.25, 0.3) is 0 Å². The summed E-state index contributed by atoms with van der Waals surface area (Å²) in [5.74, 6) is -4.46. The molecule has 0 radical (unpaired) electrons. The predicted octanol–water partition coefficient (Wildman–Crippen LogP) is 3.03. The van der Waals surface area contributed by atoms with Crippen LogP contribution in [0.3, 0.4) is 0 Å². The van der Waals surface area contributed by atoms with Crippen LogP contribution in [0.1, 0.15) is 44.2 Å². The molecule has 0 aromatic heterocycles. The summed E-state index contributed by atoms with van der Waals surface area (Å²) in [5, 5.41) is 11.9. The molecule has 0 spiro atoms. The van der Waals surface area contributed by atoms with E-state index in [0.717, 1.165) is 25.0 Å². The van der Waals surface area contributed by atoms with Gasteiger partial charge in [-0.3, -0.25) is 9.59 Å². The largest absolute Gasteiger partial charge is 0.481 e. The van der Waals surface area contributed by atoms with Crippen LogP contribution in [-0.2, 0) is 9.59 Å². The van der Waals surface area contributed by atoms with Crippen LogP contribution in [0.4, 0.5) is 8.78 Å². The summed E-state index contributed by atoms with van der Waals surface area (Å²) in [5.41, 5.74) is 0.440. The summed E-state index contributed by atoms with van der Waals surface area (Å²) in [4.78, 5) is 23.5. The third-order valence-corrected chi connectivity index (χ3v) is 4.22. The molecule has 1 saturated carbocycles. The molecule has 120 valence electrons. The molecule has 1 aromatic carbocycles. The Balaban J connectivity index is 2.06. The lowest BCUT2D eigenvalue weighted by atomic mass is 9.78. The summed E-state index contributed by atoms with van der Waals surface area (Å²) in [6.45, 7) is 1.66. The molecule has 1 aromatic rings. The number of halogens is 2. The fourth-order valence-corrected chi connectivity index (χ4v) is 2.93. The van der Waals surface area contributed by atoms with Crippen molar-refractivity contribution in [2.45, 2.75) is 38.6 Å². The number of rotatable bonds is 4. The molecule has 1 aliphatic carbocycles. The smallest absolute Gasteiger partial charge is 0.307 e. The van der Waals surface area contributed by atoms with Crippen molar-refractivity contribution in [3.8, 4) is 0 Å². The van der Waals surface area contributed by atoms with E-state index in [4.69, 9.17) is 0 Å². The summed E-state index contributed by atoms with van der Waals surface area (Å²) in [6.07, 6.45) is 2.65. The standard InChI is InChI=1S/C16H19F2NO3/c1-9(10-6-7-13(17)14(18)8-10)19-15(20)11-4-2-3-5-12(11)16(21)22/h6-9,11-12H,2-5H2,1H3,(H,19,20)(H,21,22)/t9-,11-,12+/m0/s1. The lowest BCUT2D eigenvalue weighted by Gasteiger charge is -2.28. The molecule has 0 unspecified atom stereocenters. The van der Waals surface area contributed by atoms with E-state index < -0.39 is 35.5 Å². The SMILES string of the molecule is C[C@H](NC(=O)[C@H]1CCCC[C@H]1C(=O)O)c1ccc(F)c(F)c1. The number of amides is 1. The summed E-state index contributed by atoms with van der Waals surface area (Å²) in [7, 11) is 0. The van der Waals surface area contributed by atoms with Gasteiger partial charge in [-0.15, -0.1) is 0 Å². The quantitative estimate of drug-likeness (QED) is 0.898. The third kappa shape index (κ3) is 3.61. The van der Waals surface area contributed by atoms with E-state index in [1.165, 1.54) is 6.07 Å². The zero-order valence-electron chi connectivity index (χ0n) is 12.3. The van der Waals surface area contributed by atoms with E-state index in [2.05, 4.69) is 5.32 Å². The van der Waals surface area contributed by atoms with Crippen LogP contribution in [0.15, 0.2) is 18.2 Å². The molecule has 2 N–H and O–H groups in total. The van der Waals surface area contributed by atoms with Gasteiger partial charge >= 0.3 is 5.97 Å². The van der Waals surface area contributed by atoms with Gasteiger partial charge in [0, 0.05) is 0 Å². The highest BCUT2D eigenvalue weighted by Gasteiger charge is 2.36. The topological polar surface area (TPSA) is 66.4 Å². The second-order valence-corrected chi connectivity index (χ2v) is 5.74. The Morgan fingerprint density at radius 3 is 2.41 bits per heavy atom. The summed E-state index contributed by atoms with van der Waals surface area (Å²) in [6, 6.07) is 2.93. The Labute approximate surface area is 127 Å². The van der Waals surface area contributed by atoms with Crippen molar-refractivity contribution in [1.82, 2.24) is 5.32 Å². The number of nitrogens with one attached hydrogen (secondary N) is 1. The Morgan fingerprint density at radius 2 is 1.82 bits per heavy atom. The van der Waals surface area contributed by atoms with Crippen LogP contribution < -0.4 is 5.32 Å². The van der Waals surface area contributed by atoms with Crippen LogP contribution in [-0.4, -0.2) is 17.0 Å². The molecule has 2 rings (SSSR count). The van der Waals surface area contributed by atoms with E-state index in [9.17, 15) is 23.5 Å². The molecule has 0 heterocycles. The van der Waals surface area contributed by atoms with E-state index in [1.807, 2.05) is 0 Å². The van der Waals surface area contributed by atoms with Crippen molar-refractivity contribution in [2.24, 2.45) is 11.8 Å². The Morgan fingerprint density at radius 1 is 1.18 bits per heavy atom. The van der Waals surface area contributed by atoms with Gasteiger partial charge in [0.1, 0.15) is 0 Å². The third-order valence-electron chi connectivity index (χ3n) is 4.22. The van der Waals surface area contributed by atoms with Gasteiger partial charge in [0.25, 0.3) is 0 Å². The first-order chi connectivity index (χ1) is 10.4. The first kappa shape index (κ1) is 16.4. The van der Waals surface area contributed by atoms with Crippen molar-refractivity contribution in [3.63, 3.8) is 0 Å². The number of carbonyl (C=O) groups excluding carboxylic acids is 1. The van der Waals surface area contributed by atoms with Gasteiger partial charge in [-0.05, 0) is 37.5 Å². The number of carboxylic acid groups (broad SMARTS) is 1. The molecular weight excluding hydrogens is 292 g/mol.